The van der Waals surface area contributed by atoms with E-state index >= 15 is 0 Å². The SMILES string of the molecule is C=Cc1ccc2c(C)cccc2c1/C=C\C.CC. The van der Waals surface area contributed by atoms with Crippen LogP contribution in [0, 0.1) is 6.92 Å². The van der Waals surface area contributed by atoms with Crippen LogP contribution in [-0.2, 0) is 0 Å². The fourth-order valence-electron chi connectivity index (χ4n) is 2.09. The van der Waals surface area contributed by atoms with Crippen molar-refractivity contribution in [3.8, 4) is 0 Å². The highest BCUT2D eigenvalue weighted by molar-refractivity contribution is 5.95. The quantitative estimate of drug-likeness (QED) is 0.615. The molecule has 0 saturated heterocycles. The second kappa shape index (κ2) is 6.80. The molecule has 0 aliphatic heterocycles. The van der Waals surface area contributed by atoms with Gasteiger partial charge < -0.3 is 0 Å². The zero-order chi connectivity index (χ0) is 13.5. The first kappa shape index (κ1) is 14.2. The maximum Gasteiger partial charge on any atom is -0.0103 e. The van der Waals surface area contributed by atoms with Crippen LogP contribution in [0.15, 0.2) is 43.0 Å². The predicted octanol–water partition coefficient (Wildman–Crippen LogP) is 5.85. The topological polar surface area (TPSA) is 0 Å². The molecule has 0 heteroatoms. The molecule has 2 aromatic carbocycles. The van der Waals surface area contributed by atoms with Gasteiger partial charge in [0.1, 0.15) is 0 Å². The molecule has 2 rings (SSSR count). The highest BCUT2D eigenvalue weighted by Gasteiger charge is 2.03. The highest BCUT2D eigenvalue weighted by Crippen LogP contribution is 2.26. The van der Waals surface area contributed by atoms with Gasteiger partial charge in [-0.15, -0.1) is 0 Å². The van der Waals surface area contributed by atoms with Gasteiger partial charge >= 0.3 is 0 Å². The van der Waals surface area contributed by atoms with Crippen molar-refractivity contribution >= 4 is 22.9 Å². The molecular weight excluding hydrogens is 216 g/mol. The second-order valence-corrected chi connectivity index (χ2v) is 3.94. The van der Waals surface area contributed by atoms with Gasteiger partial charge in [-0.3, -0.25) is 0 Å². The third kappa shape index (κ3) is 2.70. The van der Waals surface area contributed by atoms with Crippen molar-refractivity contribution in [2.45, 2.75) is 27.7 Å². The Bertz CT molecular complexity index is 560. The summed E-state index contributed by atoms with van der Waals surface area (Å²) in [5, 5.41) is 2.62. The largest absolute Gasteiger partial charge is 0.0984 e. The van der Waals surface area contributed by atoms with Crippen LogP contribution in [0.25, 0.3) is 22.9 Å². The van der Waals surface area contributed by atoms with Gasteiger partial charge in [0.25, 0.3) is 0 Å². The first-order valence-electron chi connectivity index (χ1n) is 6.55. The molecule has 0 N–H and O–H groups in total. The van der Waals surface area contributed by atoms with Crippen LogP contribution < -0.4 is 0 Å². The Hall–Kier alpha value is -1.82. The zero-order valence-corrected chi connectivity index (χ0v) is 11.8. The molecule has 0 aliphatic carbocycles. The third-order valence-electron chi connectivity index (χ3n) is 2.91. The molecule has 0 saturated carbocycles. The molecule has 0 aromatic heterocycles. The third-order valence-corrected chi connectivity index (χ3v) is 2.91. The number of aryl methyl sites for hydroxylation is 1. The molecule has 2 aromatic rings. The Labute approximate surface area is 111 Å². The Morgan fingerprint density at radius 3 is 2.33 bits per heavy atom. The summed E-state index contributed by atoms with van der Waals surface area (Å²) in [5.74, 6) is 0. The maximum absolute atomic E-state index is 3.87. The van der Waals surface area contributed by atoms with Crippen molar-refractivity contribution in [1.82, 2.24) is 0 Å². The van der Waals surface area contributed by atoms with Crippen molar-refractivity contribution in [1.29, 1.82) is 0 Å². The van der Waals surface area contributed by atoms with E-state index in [0.29, 0.717) is 0 Å². The van der Waals surface area contributed by atoms with E-state index < -0.39 is 0 Å². The summed E-state index contributed by atoms with van der Waals surface area (Å²) in [4.78, 5) is 0. The van der Waals surface area contributed by atoms with Crippen molar-refractivity contribution in [2.24, 2.45) is 0 Å². The van der Waals surface area contributed by atoms with Crippen LogP contribution in [0.5, 0.6) is 0 Å². The zero-order valence-electron chi connectivity index (χ0n) is 11.8. The molecule has 0 bridgehead atoms. The fraction of sp³-hybridized carbons (Fsp3) is 0.222. The smallest absolute Gasteiger partial charge is 0.0103 e. The number of hydrogen-bond acceptors (Lipinski definition) is 0. The fourth-order valence-corrected chi connectivity index (χ4v) is 2.09. The van der Waals surface area contributed by atoms with Crippen molar-refractivity contribution in [3.05, 3.63) is 59.7 Å². The number of allylic oxidation sites excluding steroid dienone is 1. The molecular formula is C18H22. The average molecular weight is 238 g/mol. The first-order valence-corrected chi connectivity index (χ1v) is 6.55. The summed E-state index contributed by atoms with van der Waals surface area (Å²) in [6.45, 7) is 12.1. The molecule has 0 atom stereocenters. The Morgan fingerprint density at radius 1 is 1.00 bits per heavy atom. The van der Waals surface area contributed by atoms with E-state index in [1.807, 2.05) is 26.8 Å². The van der Waals surface area contributed by atoms with Crippen LogP contribution >= 0.6 is 0 Å². The molecule has 0 unspecified atom stereocenters. The molecule has 18 heavy (non-hydrogen) atoms. The maximum atomic E-state index is 3.87. The lowest BCUT2D eigenvalue weighted by molar-refractivity contribution is 1.50. The van der Waals surface area contributed by atoms with Gasteiger partial charge in [-0.1, -0.05) is 69.0 Å². The summed E-state index contributed by atoms with van der Waals surface area (Å²) in [7, 11) is 0. The lowest BCUT2D eigenvalue weighted by Crippen LogP contribution is -1.86. The van der Waals surface area contributed by atoms with E-state index in [9.17, 15) is 0 Å². The van der Waals surface area contributed by atoms with E-state index in [4.69, 9.17) is 0 Å². The second-order valence-electron chi connectivity index (χ2n) is 3.94. The standard InChI is InChI=1S/C16H16.C2H6/c1-4-7-15-13(5-2)10-11-14-12(3)8-6-9-16(14)15;1-2/h4-11H,2H2,1,3H3;1-2H3/b7-4-;. The Balaban J connectivity index is 0.000000771. The molecule has 0 aliphatic rings. The lowest BCUT2D eigenvalue weighted by Gasteiger charge is -2.08. The minimum atomic E-state index is 1.19. The van der Waals surface area contributed by atoms with Gasteiger partial charge in [0.05, 0.1) is 0 Å². The van der Waals surface area contributed by atoms with Crippen LogP contribution in [0.4, 0.5) is 0 Å². The van der Waals surface area contributed by atoms with Gasteiger partial charge in [0, 0.05) is 0 Å². The van der Waals surface area contributed by atoms with Crippen molar-refractivity contribution in [3.63, 3.8) is 0 Å². The Kier molecular flexibility index (Phi) is 5.38. The van der Waals surface area contributed by atoms with E-state index in [2.05, 4.69) is 56.0 Å². The van der Waals surface area contributed by atoms with Crippen LogP contribution in [0.2, 0.25) is 0 Å². The number of hydrogen-bond donors (Lipinski definition) is 0. The number of fused-ring (bicyclic) bond motifs is 1. The average Bonchev–Trinajstić information content (AvgIpc) is 2.42. The van der Waals surface area contributed by atoms with Crippen LogP contribution in [-0.4, -0.2) is 0 Å². The van der Waals surface area contributed by atoms with Gasteiger partial charge in [0.15, 0.2) is 0 Å². The Morgan fingerprint density at radius 2 is 1.72 bits per heavy atom. The normalized spacial score (nSPS) is 10.2. The van der Waals surface area contributed by atoms with Gasteiger partial charge in [0.2, 0.25) is 0 Å². The first-order chi connectivity index (χ1) is 8.77. The van der Waals surface area contributed by atoms with Crippen molar-refractivity contribution in [2.75, 3.05) is 0 Å². The van der Waals surface area contributed by atoms with Gasteiger partial charge in [-0.2, -0.15) is 0 Å². The van der Waals surface area contributed by atoms with Crippen molar-refractivity contribution < 1.29 is 0 Å². The summed E-state index contributed by atoms with van der Waals surface area (Å²) < 4.78 is 0. The minimum absolute atomic E-state index is 1.19. The number of rotatable bonds is 2. The summed E-state index contributed by atoms with van der Waals surface area (Å²) >= 11 is 0. The molecule has 0 amide bonds. The summed E-state index contributed by atoms with van der Waals surface area (Å²) in [6.07, 6.45) is 6.14. The molecule has 94 valence electrons. The lowest BCUT2D eigenvalue weighted by atomic mass is 9.96. The highest BCUT2D eigenvalue weighted by atomic mass is 14.1. The molecule has 0 fully saturated rings. The van der Waals surface area contributed by atoms with E-state index in [1.165, 1.54) is 27.5 Å². The summed E-state index contributed by atoms with van der Waals surface area (Å²) in [6, 6.07) is 10.7. The van der Waals surface area contributed by atoms with Crippen LogP contribution in [0.1, 0.15) is 37.5 Å². The van der Waals surface area contributed by atoms with E-state index in [-0.39, 0.29) is 0 Å². The predicted molar refractivity (Wildman–Crippen MR) is 84.8 cm³/mol. The summed E-state index contributed by atoms with van der Waals surface area (Å²) in [5.41, 5.74) is 3.77. The molecule has 0 nitrogen and oxygen atoms in total. The molecule has 0 radical (unpaired) electrons. The molecule has 0 spiro atoms. The number of benzene rings is 2. The van der Waals surface area contributed by atoms with E-state index in [1.54, 1.807) is 0 Å². The van der Waals surface area contributed by atoms with Crippen LogP contribution in [0.3, 0.4) is 0 Å². The van der Waals surface area contributed by atoms with Gasteiger partial charge in [-0.05, 0) is 41.3 Å². The molecule has 0 heterocycles. The minimum Gasteiger partial charge on any atom is -0.0984 e. The van der Waals surface area contributed by atoms with Gasteiger partial charge in [-0.25, -0.2) is 0 Å². The van der Waals surface area contributed by atoms with E-state index in [0.717, 1.165) is 0 Å². The monoisotopic (exact) mass is 238 g/mol.